The third kappa shape index (κ3) is 4.52. The summed E-state index contributed by atoms with van der Waals surface area (Å²) < 4.78 is 13.4. The average Bonchev–Trinajstić information content (AvgIpc) is 2.84. The Hall–Kier alpha value is -4.07. The number of benzene rings is 2. The van der Waals surface area contributed by atoms with Crippen molar-refractivity contribution in [3.8, 4) is 11.3 Å². The average molecular weight is 457 g/mol. The number of fused-ring (bicyclic) bond motifs is 1. The number of halogens is 1. The molecule has 0 bridgehead atoms. The van der Waals surface area contributed by atoms with Gasteiger partial charge in [0.1, 0.15) is 11.3 Å². The lowest BCUT2D eigenvalue weighted by Crippen LogP contribution is -2.41. The molecule has 0 saturated carbocycles. The molecule has 3 heterocycles. The van der Waals surface area contributed by atoms with E-state index in [1.165, 1.54) is 12.1 Å². The third-order valence-corrected chi connectivity index (χ3v) is 6.06. The summed E-state index contributed by atoms with van der Waals surface area (Å²) in [6, 6.07) is 17.6. The molecular formula is C26H25FN6O. The van der Waals surface area contributed by atoms with E-state index in [1.807, 2.05) is 43.3 Å². The van der Waals surface area contributed by atoms with Crippen LogP contribution in [0.15, 0.2) is 60.7 Å². The lowest BCUT2D eigenvalue weighted by molar-refractivity contribution is -0.120. The van der Waals surface area contributed by atoms with Crippen molar-refractivity contribution in [2.75, 3.05) is 29.0 Å². The molecule has 4 aromatic rings. The van der Waals surface area contributed by atoms with Crippen molar-refractivity contribution in [2.24, 2.45) is 5.92 Å². The molecule has 8 heteroatoms. The Labute approximate surface area is 196 Å². The number of piperidine rings is 1. The first-order valence-electron chi connectivity index (χ1n) is 11.3. The first-order valence-corrected chi connectivity index (χ1v) is 11.3. The van der Waals surface area contributed by atoms with Crippen molar-refractivity contribution >= 4 is 34.4 Å². The quantitative estimate of drug-likeness (QED) is 0.467. The zero-order valence-electron chi connectivity index (χ0n) is 18.8. The predicted molar refractivity (Wildman–Crippen MR) is 132 cm³/mol. The predicted octanol–water partition coefficient (Wildman–Crippen LogP) is 4.58. The molecule has 1 unspecified atom stereocenters. The largest absolute Gasteiger partial charge is 0.368 e. The molecule has 34 heavy (non-hydrogen) atoms. The Bertz CT molecular complexity index is 1360. The number of carbonyl (C=O) groups excluding carboxylic acids is 1. The number of aryl methyl sites for hydroxylation is 1. The highest BCUT2D eigenvalue weighted by Gasteiger charge is 2.28. The second-order valence-electron chi connectivity index (χ2n) is 8.62. The summed E-state index contributed by atoms with van der Waals surface area (Å²) in [7, 11) is 0. The Balaban J connectivity index is 1.44. The SMILES string of the molecule is Cc1cccc(NC(=O)C2CCCN(c3nc(N)nc4ccc(-c5ccc(F)cc5)nc34)C2)c1. The van der Waals surface area contributed by atoms with Crippen LogP contribution in [0.25, 0.3) is 22.3 Å². The number of rotatable bonds is 4. The summed E-state index contributed by atoms with van der Waals surface area (Å²) in [6.07, 6.45) is 1.63. The molecule has 7 nitrogen and oxygen atoms in total. The van der Waals surface area contributed by atoms with Crippen LogP contribution in [-0.4, -0.2) is 33.9 Å². The topological polar surface area (TPSA) is 97.0 Å². The number of amides is 1. The molecule has 3 N–H and O–H groups in total. The van der Waals surface area contributed by atoms with Gasteiger partial charge in [-0.2, -0.15) is 4.98 Å². The number of aromatic nitrogens is 3. The van der Waals surface area contributed by atoms with Crippen LogP contribution >= 0.6 is 0 Å². The monoisotopic (exact) mass is 456 g/mol. The van der Waals surface area contributed by atoms with E-state index in [0.717, 1.165) is 36.2 Å². The number of nitrogens with zero attached hydrogens (tertiary/aromatic N) is 4. The van der Waals surface area contributed by atoms with E-state index in [-0.39, 0.29) is 23.6 Å². The Morgan fingerprint density at radius 3 is 2.71 bits per heavy atom. The minimum atomic E-state index is -0.301. The van der Waals surface area contributed by atoms with Gasteiger partial charge < -0.3 is 16.0 Å². The summed E-state index contributed by atoms with van der Waals surface area (Å²) in [5.41, 5.74) is 10.6. The Morgan fingerprint density at radius 1 is 1.09 bits per heavy atom. The van der Waals surface area contributed by atoms with Crippen LogP contribution in [0.2, 0.25) is 0 Å². The maximum Gasteiger partial charge on any atom is 0.229 e. The van der Waals surface area contributed by atoms with Gasteiger partial charge in [-0.1, -0.05) is 12.1 Å². The number of hydrogen-bond acceptors (Lipinski definition) is 6. The number of anilines is 3. The standard InChI is InChI=1S/C26H25FN6O/c1-16-4-2-6-20(14-16)29-25(34)18-5-3-13-33(15-18)24-23-22(31-26(28)32-24)12-11-21(30-23)17-7-9-19(27)10-8-17/h2,4,6-12,14,18H,3,5,13,15H2,1H3,(H,29,34)(H2,28,31,32). The van der Waals surface area contributed by atoms with Gasteiger partial charge in [0, 0.05) is 24.3 Å². The van der Waals surface area contributed by atoms with Crippen LogP contribution in [0.4, 0.5) is 21.8 Å². The van der Waals surface area contributed by atoms with E-state index in [4.69, 9.17) is 10.7 Å². The van der Waals surface area contributed by atoms with Crippen LogP contribution in [0.1, 0.15) is 18.4 Å². The van der Waals surface area contributed by atoms with E-state index in [2.05, 4.69) is 20.2 Å². The molecular weight excluding hydrogens is 431 g/mol. The van der Waals surface area contributed by atoms with Gasteiger partial charge in [0.25, 0.3) is 0 Å². The molecule has 0 aliphatic carbocycles. The first-order chi connectivity index (χ1) is 16.5. The second-order valence-corrected chi connectivity index (χ2v) is 8.62. The highest BCUT2D eigenvalue weighted by Crippen LogP contribution is 2.30. The van der Waals surface area contributed by atoms with E-state index in [9.17, 15) is 9.18 Å². The highest BCUT2D eigenvalue weighted by atomic mass is 19.1. The summed E-state index contributed by atoms with van der Waals surface area (Å²) in [5.74, 6) is 0.261. The molecule has 2 aromatic heterocycles. The molecule has 5 rings (SSSR count). The first kappa shape index (κ1) is 21.8. The van der Waals surface area contributed by atoms with Crippen LogP contribution < -0.4 is 16.0 Å². The molecule has 2 aromatic carbocycles. The van der Waals surface area contributed by atoms with Crippen molar-refractivity contribution < 1.29 is 9.18 Å². The number of nitrogens with two attached hydrogens (primary N) is 1. The van der Waals surface area contributed by atoms with Crippen molar-refractivity contribution in [3.05, 3.63) is 72.0 Å². The molecule has 0 spiro atoms. The maximum atomic E-state index is 13.4. The van der Waals surface area contributed by atoms with Crippen molar-refractivity contribution in [1.29, 1.82) is 0 Å². The number of hydrogen-bond donors (Lipinski definition) is 2. The highest BCUT2D eigenvalue weighted by molar-refractivity contribution is 5.94. The zero-order chi connectivity index (χ0) is 23.7. The molecule has 1 aliphatic heterocycles. The number of carbonyl (C=O) groups is 1. The lowest BCUT2D eigenvalue weighted by atomic mass is 9.96. The van der Waals surface area contributed by atoms with Gasteiger partial charge in [0.05, 0.1) is 17.1 Å². The fraction of sp³-hybridized carbons (Fsp3) is 0.231. The van der Waals surface area contributed by atoms with E-state index in [0.29, 0.717) is 29.1 Å². The van der Waals surface area contributed by atoms with Crippen molar-refractivity contribution in [2.45, 2.75) is 19.8 Å². The number of nitrogen functional groups attached to an aromatic ring is 1. The van der Waals surface area contributed by atoms with Crippen molar-refractivity contribution in [1.82, 2.24) is 15.0 Å². The lowest BCUT2D eigenvalue weighted by Gasteiger charge is -2.33. The summed E-state index contributed by atoms with van der Waals surface area (Å²) >= 11 is 0. The number of nitrogens with one attached hydrogen (secondary N) is 1. The molecule has 1 amide bonds. The van der Waals surface area contributed by atoms with Crippen LogP contribution in [0.3, 0.4) is 0 Å². The van der Waals surface area contributed by atoms with Gasteiger partial charge in [-0.05, 0) is 73.9 Å². The van der Waals surface area contributed by atoms with Gasteiger partial charge in [-0.25, -0.2) is 14.4 Å². The van der Waals surface area contributed by atoms with Gasteiger partial charge in [-0.3, -0.25) is 4.79 Å². The van der Waals surface area contributed by atoms with E-state index >= 15 is 0 Å². The van der Waals surface area contributed by atoms with Gasteiger partial charge in [0.2, 0.25) is 11.9 Å². The second kappa shape index (κ2) is 9.05. The molecule has 1 aliphatic rings. The van der Waals surface area contributed by atoms with Crippen LogP contribution in [-0.2, 0) is 4.79 Å². The minimum Gasteiger partial charge on any atom is -0.368 e. The van der Waals surface area contributed by atoms with Gasteiger partial charge in [-0.15, -0.1) is 0 Å². The smallest absolute Gasteiger partial charge is 0.229 e. The summed E-state index contributed by atoms with van der Waals surface area (Å²) in [6.45, 7) is 3.24. The molecule has 1 fully saturated rings. The zero-order valence-corrected chi connectivity index (χ0v) is 18.8. The molecule has 172 valence electrons. The Kier molecular flexibility index (Phi) is 5.79. The normalized spacial score (nSPS) is 15.9. The molecule has 0 radical (unpaired) electrons. The van der Waals surface area contributed by atoms with Gasteiger partial charge >= 0.3 is 0 Å². The molecule has 1 atom stereocenters. The fourth-order valence-corrected chi connectivity index (χ4v) is 4.37. The van der Waals surface area contributed by atoms with Crippen LogP contribution in [0.5, 0.6) is 0 Å². The van der Waals surface area contributed by atoms with E-state index < -0.39 is 0 Å². The van der Waals surface area contributed by atoms with Gasteiger partial charge in [0.15, 0.2) is 5.82 Å². The minimum absolute atomic E-state index is 0.0124. The maximum absolute atomic E-state index is 13.4. The van der Waals surface area contributed by atoms with Crippen molar-refractivity contribution in [3.63, 3.8) is 0 Å². The Morgan fingerprint density at radius 2 is 1.91 bits per heavy atom. The third-order valence-electron chi connectivity index (χ3n) is 6.06. The summed E-state index contributed by atoms with van der Waals surface area (Å²) in [4.78, 5) is 28.7. The van der Waals surface area contributed by atoms with E-state index in [1.54, 1.807) is 12.1 Å². The summed E-state index contributed by atoms with van der Waals surface area (Å²) in [5, 5.41) is 3.04. The fourth-order valence-electron chi connectivity index (χ4n) is 4.37. The number of pyridine rings is 1. The molecule has 1 saturated heterocycles. The van der Waals surface area contributed by atoms with Crippen LogP contribution in [0, 0.1) is 18.7 Å².